The van der Waals surface area contributed by atoms with E-state index in [9.17, 15) is 0 Å². The van der Waals surface area contributed by atoms with Gasteiger partial charge in [-0.25, -0.2) is 0 Å². The minimum Gasteiger partial charge on any atom is -0.394 e. The number of nitrogens with two attached hydrogens (primary N) is 1. The molecule has 0 aliphatic carbocycles. The summed E-state index contributed by atoms with van der Waals surface area (Å²) in [6.07, 6.45) is 6.59. The van der Waals surface area contributed by atoms with Gasteiger partial charge in [0.1, 0.15) is 5.82 Å². The van der Waals surface area contributed by atoms with Crippen LogP contribution in [0.5, 0.6) is 0 Å². The van der Waals surface area contributed by atoms with Gasteiger partial charge in [0.25, 0.3) is 0 Å². The molecule has 1 aromatic heterocycles. The van der Waals surface area contributed by atoms with Gasteiger partial charge in [-0.3, -0.25) is 4.68 Å². The molecule has 4 nitrogen and oxygen atoms in total. The third-order valence-corrected chi connectivity index (χ3v) is 4.47. The summed E-state index contributed by atoms with van der Waals surface area (Å²) in [7, 11) is 2.02. The van der Waals surface area contributed by atoms with Crippen LogP contribution in [-0.2, 0) is 7.05 Å². The Labute approximate surface area is 123 Å². The number of hydrogen-bond acceptors (Lipinski definition) is 3. The molecule has 2 N–H and O–H groups in total. The minimum atomic E-state index is 0.384. The second-order valence-corrected chi connectivity index (χ2v) is 6.47. The molecular weight excluding hydrogens is 248 g/mol. The van der Waals surface area contributed by atoms with Gasteiger partial charge in [-0.2, -0.15) is 5.10 Å². The predicted molar refractivity (Wildman–Crippen MR) is 86.2 cm³/mol. The molecule has 0 amide bonds. The first kappa shape index (κ1) is 15.2. The Balaban J connectivity index is 2.15. The summed E-state index contributed by atoms with van der Waals surface area (Å²) in [4.78, 5) is 2.45. The third kappa shape index (κ3) is 3.10. The first-order valence-electron chi connectivity index (χ1n) is 8.11. The van der Waals surface area contributed by atoms with E-state index in [2.05, 4.69) is 30.8 Å². The Morgan fingerprint density at radius 1 is 1.30 bits per heavy atom. The van der Waals surface area contributed by atoms with E-state index >= 15 is 0 Å². The van der Waals surface area contributed by atoms with Gasteiger partial charge >= 0.3 is 0 Å². The van der Waals surface area contributed by atoms with Gasteiger partial charge in [0.05, 0.1) is 11.4 Å². The van der Waals surface area contributed by atoms with Crippen LogP contribution in [0.15, 0.2) is 0 Å². The molecule has 1 saturated heterocycles. The number of nitrogens with zero attached hydrogens (tertiary/aromatic N) is 3. The van der Waals surface area contributed by atoms with E-state index in [1.54, 1.807) is 0 Å². The quantitative estimate of drug-likeness (QED) is 0.916. The van der Waals surface area contributed by atoms with Gasteiger partial charge in [-0.15, -0.1) is 0 Å². The number of aryl methyl sites for hydroxylation is 1. The molecule has 1 unspecified atom stereocenters. The van der Waals surface area contributed by atoms with Crippen molar-refractivity contribution in [1.29, 1.82) is 0 Å². The molecule has 1 fully saturated rings. The van der Waals surface area contributed by atoms with Crippen LogP contribution < -0.4 is 10.6 Å². The van der Waals surface area contributed by atoms with Crippen molar-refractivity contribution >= 4 is 11.5 Å². The highest BCUT2D eigenvalue weighted by Crippen LogP contribution is 2.33. The Morgan fingerprint density at radius 2 is 2.05 bits per heavy atom. The average molecular weight is 278 g/mol. The molecule has 0 bridgehead atoms. The van der Waals surface area contributed by atoms with Gasteiger partial charge in [0.2, 0.25) is 0 Å². The van der Waals surface area contributed by atoms with Crippen molar-refractivity contribution < 1.29 is 0 Å². The number of aromatic nitrogens is 2. The van der Waals surface area contributed by atoms with Gasteiger partial charge in [-0.05, 0) is 31.1 Å². The summed E-state index contributed by atoms with van der Waals surface area (Å²) in [5.41, 5.74) is 8.28. The lowest BCUT2D eigenvalue weighted by molar-refractivity contribution is 0.435. The Kier molecular flexibility index (Phi) is 4.95. The monoisotopic (exact) mass is 278 g/mol. The lowest BCUT2D eigenvalue weighted by Gasteiger charge is -2.23. The van der Waals surface area contributed by atoms with Crippen LogP contribution >= 0.6 is 0 Å². The van der Waals surface area contributed by atoms with Crippen molar-refractivity contribution in [1.82, 2.24) is 9.78 Å². The summed E-state index contributed by atoms with van der Waals surface area (Å²) in [6.45, 7) is 8.83. The van der Waals surface area contributed by atoms with Crippen molar-refractivity contribution in [3.05, 3.63) is 5.69 Å². The number of anilines is 2. The maximum atomic E-state index is 6.36. The van der Waals surface area contributed by atoms with Gasteiger partial charge < -0.3 is 10.6 Å². The van der Waals surface area contributed by atoms with Crippen molar-refractivity contribution in [2.24, 2.45) is 13.0 Å². The van der Waals surface area contributed by atoms with Crippen molar-refractivity contribution in [3.8, 4) is 0 Å². The molecule has 1 atom stereocenters. The molecule has 0 radical (unpaired) electrons. The highest BCUT2D eigenvalue weighted by atomic mass is 15.4. The fourth-order valence-corrected chi connectivity index (χ4v) is 3.43. The predicted octanol–water partition coefficient (Wildman–Crippen LogP) is 3.53. The van der Waals surface area contributed by atoms with E-state index in [0.29, 0.717) is 5.92 Å². The van der Waals surface area contributed by atoms with E-state index in [0.717, 1.165) is 36.2 Å². The van der Waals surface area contributed by atoms with Crippen LogP contribution in [0.3, 0.4) is 0 Å². The minimum absolute atomic E-state index is 0.384. The molecule has 2 heterocycles. The number of hydrogen-bond donors (Lipinski definition) is 1. The Morgan fingerprint density at radius 3 is 2.65 bits per heavy atom. The molecule has 4 heteroatoms. The lowest BCUT2D eigenvalue weighted by atomic mass is 9.96. The standard InChI is InChI=1S/C16H30N4/c1-5-7-13-8-6-10-20(11-9-13)16-14(17)15(12(2)3)18-19(16)4/h12-13H,5-11,17H2,1-4H3. The largest absolute Gasteiger partial charge is 0.394 e. The summed E-state index contributed by atoms with van der Waals surface area (Å²) in [5, 5.41) is 4.62. The fourth-order valence-electron chi connectivity index (χ4n) is 3.43. The van der Waals surface area contributed by atoms with Crippen LogP contribution in [0.4, 0.5) is 11.5 Å². The highest BCUT2D eigenvalue weighted by Gasteiger charge is 2.23. The molecule has 0 aromatic carbocycles. The molecule has 1 aliphatic heterocycles. The van der Waals surface area contributed by atoms with Crippen LogP contribution in [0.2, 0.25) is 0 Å². The summed E-state index contributed by atoms with van der Waals surface area (Å²) in [6, 6.07) is 0. The molecule has 0 spiro atoms. The lowest BCUT2D eigenvalue weighted by Crippen LogP contribution is -2.27. The second kappa shape index (κ2) is 6.51. The Hall–Kier alpha value is -1.19. The van der Waals surface area contributed by atoms with Gasteiger partial charge in [-0.1, -0.05) is 33.6 Å². The van der Waals surface area contributed by atoms with E-state index in [1.807, 2.05) is 11.7 Å². The first-order valence-corrected chi connectivity index (χ1v) is 8.11. The Bertz CT molecular complexity index is 436. The highest BCUT2D eigenvalue weighted by molar-refractivity contribution is 5.67. The molecular formula is C16H30N4. The normalized spacial score (nSPS) is 20.4. The maximum absolute atomic E-state index is 6.36. The zero-order chi connectivity index (χ0) is 14.7. The van der Waals surface area contributed by atoms with E-state index in [4.69, 9.17) is 5.73 Å². The van der Waals surface area contributed by atoms with Crippen molar-refractivity contribution in [3.63, 3.8) is 0 Å². The van der Waals surface area contributed by atoms with E-state index in [-0.39, 0.29) is 0 Å². The molecule has 0 saturated carbocycles. The molecule has 1 aliphatic rings. The SMILES string of the molecule is CCCC1CCCN(c2c(N)c(C(C)C)nn2C)CC1. The van der Waals surface area contributed by atoms with Gasteiger partial charge in [0, 0.05) is 20.1 Å². The molecule has 2 rings (SSSR count). The number of nitrogen functional groups attached to an aromatic ring is 1. The molecule has 20 heavy (non-hydrogen) atoms. The van der Waals surface area contributed by atoms with Crippen LogP contribution in [0, 0.1) is 5.92 Å². The molecule has 1 aromatic rings. The summed E-state index contributed by atoms with van der Waals surface area (Å²) >= 11 is 0. The van der Waals surface area contributed by atoms with Crippen LogP contribution in [0.1, 0.15) is 64.5 Å². The number of rotatable bonds is 4. The zero-order valence-corrected chi connectivity index (χ0v) is 13.5. The smallest absolute Gasteiger partial charge is 0.150 e. The van der Waals surface area contributed by atoms with Crippen LogP contribution in [0.25, 0.3) is 0 Å². The zero-order valence-electron chi connectivity index (χ0n) is 13.5. The average Bonchev–Trinajstić information content (AvgIpc) is 2.58. The van der Waals surface area contributed by atoms with Crippen molar-refractivity contribution in [2.75, 3.05) is 23.7 Å². The maximum Gasteiger partial charge on any atom is 0.150 e. The van der Waals surface area contributed by atoms with Gasteiger partial charge in [0.15, 0.2) is 0 Å². The summed E-state index contributed by atoms with van der Waals surface area (Å²) < 4.78 is 1.98. The van der Waals surface area contributed by atoms with E-state index < -0.39 is 0 Å². The van der Waals surface area contributed by atoms with Crippen molar-refractivity contribution in [2.45, 2.75) is 58.8 Å². The molecule has 114 valence electrons. The summed E-state index contributed by atoms with van der Waals surface area (Å²) in [5.74, 6) is 2.41. The fraction of sp³-hybridized carbons (Fsp3) is 0.812. The second-order valence-electron chi connectivity index (χ2n) is 6.47. The van der Waals surface area contributed by atoms with Crippen LogP contribution in [-0.4, -0.2) is 22.9 Å². The van der Waals surface area contributed by atoms with E-state index in [1.165, 1.54) is 32.1 Å². The topological polar surface area (TPSA) is 47.1 Å². The first-order chi connectivity index (χ1) is 9.54. The third-order valence-electron chi connectivity index (χ3n) is 4.47.